The van der Waals surface area contributed by atoms with Gasteiger partial charge in [-0.1, -0.05) is 17.7 Å². The van der Waals surface area contributed by atoms with Crippen LogP contribution in [0, 0.1) is 13.8 Å². The Bertz CT molecular complexity index is 984. The maximum absolute atomic E-state index is 13.4. The Kier molecular flexibility index (Phi) is 5.00. The molecule has 0 amide bonds. The number of sulfone groups is 2. The van der Waals surface area contributed by atoms with Crippen LogP contribution in [0.25, 0.3) is 0 Å². The fraction of sp³-hybridized carbons (Fsp3) is 0.625. The number of aryl methyl sites for hydroxylation is 2. The van der Waals surface area contributed by atoms with Gasteiger partial charge in [0.25, 0.3) is 0 Å². The third kappa shape index (κ3) is 3.83. The first kappa shape index (κ1) is 19.8. The second-order valence-corrected chi connectivity index (χ2v) is 13.5. The Labute approximate surface area is 155 Å². The average Bonchev–Trinajstić information content (AvgIpc) is 3.00. The van der Waals surface area contributed by atoms with Gasteiger partial charge in [-0.05, 0) is 38.3 Å². The van der Waals surface area contributed by atoms with Gasteiger partial charge in [0.1, 0.15) is 0 Å². The molecule has 2 aliphatic heterocycles. The molecule has 0 bridgehead atoms. The van der Waals surface area contributed by atoms with E-state index in [2.05, 4.69) is 0 Å². The lowest BCUT2D eigenvalue weighted by Crippen LogP contribution is -2.48. The summed E-state index contributed by atoms with van der Waals surface area (Å²) in [6.07, 6.45) is 0.395. The van der Waals surface area contributed by atoms with Crippen molar-refractivity contribution >= 4 is 29.7 Å². The summed E-state index contributed by atoms with van der Waals surface area (Å²) in [4.78, 5) is 0.108. The monoisotopic (exact) mass is 421 g/mol. The van der Waals surface area contributed by atoms with Crippen LogP contribution in [0.15, 0.2) is 23.1 Å². The first-order valence-electron chi connectivity index (χ1n) is 8.43. The van der Waals surface area contributed by atoms with Gasteiger partial charge in [0.05, 0.1) is 27.9 Å². The van der Waals surface area contributed by atoms with Crippen LogP contribution >= 0.6 is 0 Å². The summed E-state index contributed by atoms with van der Waals surface area (Å²) in [6.45, 7) is 3.54. The summed E-state index contributed by atoms with van der Waals surface area (Å²) in [5, 5.41) is 0. The van der Waals surface area contributed by atoms with Crippen LogP contribution in [0.2, 0.25) is 0 Å². The molecule has 0 spiro atoms. The summed E-state index contributed by atoms with van der Waals surface area (Å²) in [5.41, 5.74) is 1.48. The molecule has 2 heterocycles. The molecule has 2 atom stereocenters. The van der Waals surface area contributed by atoms with Crippen molar-refractivity contribution in [2.24, 2.45) is 0 Å². The Morgan fingerprint density at radius 1 is 0.923 bits per heavy atom. The summed E-state index contributed by atoms with van der Waals surface area (Å²) in [7, 11) is -10.6. The molecular weight excluding hydrogens is 398 g/mol. The fourth-order valence-corrected chi connectivity index (χ4v) is 9.53. The number of hydrogen-bond donors (Lipinski definition) is 0. The van der Waals surface area contributed by atoms with Crippen LogP contribution in [0.3, 0.4) is 0 Å². The highest BCUT2D eigenvalue weighted by Gasteiger charge is 2.46. The van der Waals surface area contributed by atoms with Crippen LogP contribution in [0.1, 0.15) is 24.0 Å². The minimum absolute atomic E-state index is 0.0734. The lowest BCUT2D eigenvalue weighted by atomic mass is 10.2. The minimum atomic E-state index is -4.01. The summed E-state index contributed by atoms with van der Waals surface area (Å²) in [6, 6.07) is 3.52. The van der Waals surface area contributed by atoms with E-state index in [1.165, 1.54) is 10.4 Å². The largest absolute Gasteiger partial charge is 0.243 e. The third-order valence-electron chi connectivity index (χ3n) is 5.02. The van der Waals surface area contributed by atoms with Crippen LogP contribution < -0.4 is 0 Å². The molecule has 26 heavy (non-hydrogen) atoms. The first-order chi connectivity index (χ1) is 11.9. The first-order valence-corrected chi connectivity index (χ1v) is 13.5. The van der Waals surface area contributed by atoms with Crippen LogP contribution in [0.5, 0.6) is 0 Å². The summed E-state index contributed by atoms with van der Waals surface area (Å²) in [5.74, 6) is -0.659. The van der Waals surface area contributed by atoms with E-state index in [1.54, 1.807) is 19.1 Å². The lowest BCUT2D eigenvalue weighted by molar-refractivity contribution is 0.280. The van der Waals surface area contributed by atoms with E-state index >= 15 is 0 Å². The molecule has 1 aromatic carbocycles. The molecule has 3 rings (SSSR count). The van der Waals surface area contributed by atoms with Crippen molar-refractivity contribution in [3.8, 4) is 0 Å². The highest BCUT2D eigenvalue weighted by molar-refractivity contribution is 7.92. The third-order valence-corrected chi connectivity index (χ3v) is 10.7. The standard InChI is InChI=1S/C16H23NO6S3/c1-12-3-4-16(13(2)9-12)26(22,23)17(14-5-7-24(18,19)10-14)15-6-8-25(20,21)11-15/h3-4,9,14-15H,5-8,10-11H2,1-2H3/t14-,15-/m1/s1. The zero-order chi connectivity index (χ0) is 19.3. The van der Waals surface area contributed by atoms with Crippen molar-refractivity contribution in [1.82, 2.24) is 4.31 Å². The SMILES string of the molecule is Cc1ccc(S(=O)(=O)N([C@@H]2CCS(=O)(=O)C2)[C@@H]2CCS(=O)(=O)C2)c(C)c1. The van der Waals surface area contributed by atoms with E-state index in [0.29, 0.717) is 5.56 Å². The molecule has 1 aromatic rings. The van der Waals surface area contributed by atoms with Crippen molar-refractivity contribution in [3.05, 3.63) is 29.3 Å². The second-order valence-electron chi connectivity index (χ2n) is 7.22. The molecular formula is C16H23NO6S3. The van der Waals surface area contributed by atoms with Crippen LogP contribution in [0.4, 0.5) is 0 Å². The zero-order valence-corrected chi connectivity index (χ0v) is 17.2. The van der Waals surface area contributed by atoms with Gasteiger partial charge >= 0.3 is 0 Å². The van der Waals surface area contributed by atoms with Gasteiger partial charge < -0.3 is 0 Å². The fourth-order valence-electron chi connectivity index (χ4n) is 3.85. The highest BCUT2D eigenvalue weighted by Crippen LogP contribution is 2.32. The van der Waals surface area contributed by atoms with Gasteiger partial charge in [0.15, 0.2) is 19.7 Å². The number of hydrogen-bond acceptors (Lipinski definition) is 6. The lowest BCUT2D eigenvalue weighted by Gasteiger charge is -2.32. The smallest absolute Gasteiger partial charge is 0.229 e. The molecule has 7 nitrogen and oxygen atoms in total. The summed E-state index contributed by atoms with van der Waals surface area (Å²) < 4.78 is 75.7. The van der Waals surface area contributed by atoms with Crippen LogP contribution in [-0.2, 0) is 29.7 Å². The molecule has 0 saturated carbocycles. The average molecular weight is 422 g/mol. The molecule has 2 saturated heterocycles. The Morgan fingerprint density at radius 2 is 1.42 bits per heavy atom. The van der Waals surface area contributed by atoms with Crippen molar-refractivity contribution in [3.63, 3.8) is 0 Å². The van der Waals surface area contributed by atoms with E-state index in [9.17, 15) is 25.3 Å². The predicted octanol–water partition coefficient (Wildman–Crippen LogP) is 0.668. The number of sulfonamides is 1. The van der Waals surface area contributed by atoms with Crippen molar-refractivity contribution < 1.29 is 25.3 Å². The van der Waals surface area contributed by atoms with E-state index in [1.807, 2.05) is 6.92 Å². The molecule has 0 unspecified atom stereocenters. The molecule has 2 aliphatic rings. The highest BCUT2D eigenvalue weighted by atomic mass is 32.2. The van der Waals surface area contributed by atoms with Crippen molar-refractivity contribution in [1.29, 1.82) is 0 Å². The maximum atomic E-state index is 13.4. The molecule has 0 aliphatic carbocycles. The second kappa shape index (κ2) is 6.57. The normalized spacial score (nSPS) is 27.8. The quantitative estimate of drug-likeness (QED) is 0.707. The van der Waals surface area contributed by atoms with E-state index < -0.39 is 41.8 Å². The Balaban J connectivity index is 2.08. The molecule has 2 fully saturated rings. The van der Waals surface area contributed by atoms with E-state index in [0.717, 1.165) is 5.56 Å². The summed E-state index contributed by atoms with van der Waals surface area (Å²) >= 11 is 0. The van der Waals surface area contributed by atoms with Gasteiger partial charge in [0.2, 0.25) is 10.0 Å². The minimum Gasteiger partial charge on any atom is -0.229 e. The van der Waals surface area contributed by atoms with E-state index in [4.69, 9.17) is 0 Å². The number of nitrogens with zero attached hydrogens (tertiary/aromatic N) is 1. The zero-order valence-electron chi connectivity index (χ0n) is 14.8. The number of rotatable bonds is 4. The van der Waals surface area contributed by atoms with Gasteiger partial charge in [-0.25, -0.2) is 25.3 Å². The Hall–Kier alpha value is -0.970. The Morgan fingerprint density at radius 3 is 1.81 bits per heavy atom. The van der Waals surface area contributed by atoms with Crippen molar-refractivity contribution in [2.45, 2.75) is 43.7 Å². The predicted molar refractivity (Wildman–Crippen MR) is 99.1 cm³/mol. The topological polar surface area (TPSA) is 106 Å². The van der Waals surface area contributed by atoms with Gasteiger partial charge in [-0.2, -0.15) is 4.31 Å². The van der Waals surface area contributed by atoms with Gasteiger partial charge in [0, 0.05) is 12.1 Å². The number of benzene rings is 1. The van der Waals surface area contributed by atoms with Crippen LogP contribution in [-0.4, -0.2) is 64.7 Å². The van der Waals surface area contributed by atoms with Gasteiger partial charge in [-0.15, -0.1) is 0 Å². The molecule has 0 N–H and O–H groups in total. The molecule has 0 aromatic heterocycles. The molecule has 146 valence electrons. The van der Waals surface area contributed by atoms with E-state index in [-0.39, 0.29) is 40.7 Å². The van der Waals surface area contributed by atoms with Gasteiger partial charge in [-0.3, -0.25) is 0 Å². The molecule has 0 radical (unpaired) electrons. The molecule has 10 heteroatoms. The van der Waals surface area contributed by atoms with Crippen molar-refractivity contribution in [2.75, 3.05) is 23.0 Å². The maximum Gasteiger partial charge on any atom is 0.243 e.